The van der Waals surface area contributed by atoms with E-state index >= 15 is 0 Å². The average Bonchev–Trinajstić information content (AvgIpc) is 3.44. The summed E-state index contributed by atoms with van der Waals surface area (Å²) in [6.45, 7) is 1.80. The van der Waals surface area contributed by atoms with Crippen LogP contribution in [0.1, 0.15) is 35.7 Å². The van der Waals surface area contributed by atoms with E-state index in [1.807, 2.05) is 28.7 Å². The Morgan fingerprint density at radius 3 is 2.70 bits per heavy atom. The first-order valence-electron chi connectivity index (χ1n) is 12.7. The number of nitrogens with one attached hydrogen (secondary N) is 1. The number of fused-ring (bicyclic) bond motifs is 1. The van der Waals surface area contributed by atoms with Crippen molar-refractivity contribution in [2.75, 3.05) is 27.1 Å². The molecular formula is C28H31IN2O9. The number of aldehydes is 1. The van der Waals surface area contributed by atoms with Crippen LogP contribution in [0.25, 0.3) is 0 Å². The van der Waals surface area contributed by atoms with Gasteiger partial charge in [-0.2, -0.15) is 0 Å². The average molecular weight is 666 g/mol. The van der Waals surface area contributed by atoms with Crippen LogP contribution in [0.5, 0.6) is 23.0 Å². The molecule has 12 heteroatoms. The smallest absolute Gasteiger partial charge is 0.247 e. The van der Waals surface area contributed by atoms with Crippen molar-refractivity contribution in [1.82, 2.24) is 10.2 Å². The Hall–Kier alpha value is -3.36. The summed E-state index contributed by atoms with van der Waals surface area (Å²) < 4.78 is 23.1. The molecule has 2 amide bonds. The SMILES string of the molecule is CCC(=O)N(Cc1ccc2c(c1)OCO2)[C@@H]1CC(C(=O)NCCO)=C[C@H](Oc2c(I)cc(C=O)cc2OC)[C@H]1O. The Bertz CT molecular complexity index is 1300. The minimum atomic E-state index is -1.22. The van der Waals surface area contributed by atoms with Crippen LogP contribution in [0.2, 0.25) is 0 Å². The Morgan fingerprint density at radius 1 is 1.23 bits per heavy atom. The number of aliphatic hydroxyl groups excluding tert-OH is 2. The zero-order chi connectivity index (χ0) is 28.8. The fraction of sp³-hybridized carbons (Fsp3) is 0.393. The van der Waals surface area contributed by atoms with Gasteiger partial charge >= 0.3 is 0 Å². The van der Waals surface area contributed by atoms with Crippen LogP contribution in [-0.2, 0) is 16.1 Å². The maximum atomic E-state index is 13.2. The second-order valence-electron chi connectivity index (χ2n) is 9.23. The van der Waals surface area contributed by atoms with Crippen LogP contribution in [0, 0.1) is 3.57 Å². The first kappa shape index (κ1) is 29.6. The maximum Gasteiger partial charge on any atom is 0.247 e. The van der Waals surface area contributed by atoms with Gasteiger partial charge in [-0.15, -0.1) is 0 Å². The highest BCUT2D eigenvalue weighted by Crippen LogP contribution is 2.38. The lowest BCUT2D eigenvalue weighted by Crippen LogP contribution is -2.54. The third kappa shape index (κ3) is 6.50. The van der Waals surface area contributed by atoms with Gasteiger partial charge in [-0.25, -0.2) is 0 Å². The molecule has 0 saturated carbocycles. The summed E-state index contributed by atoms with van der Waals surface area (Å²) in [6, 6.07) is 7.68. The van der Waals surface area contributed by atoms with E-state index in [0.717, 1.165) is 5.56 Å². The molecule has 0 aromatic heterocycles. The van der Waals surface area contributed by atoms with Crippen LogP contribution >= 0.6 is 22.6 Å². The molecule has 40 heavy (non-hydrogen) atoms. The number of aliphatic hydroxyl groups is 2. The van der Waals surface area contributed by atoms with Gasteiger partial charge in [-0.1, -0.05) is 13.0 Å². The first-order valence-corrected chi connectivity index (χ1v) is 13.8. The Labute approximate surface area is 245 Å². The summed E-state index contributed by atoms with van der Waals surface area (Å²) >= 11 is 2.00. The van der Waals surface area contributed by atoms with E-state index in [2.05, 4.69) is 5.32 Å². The van der Waals surface area contributed by atoms with E-state index in [4.69, 9.17) is 18.9 Å². The highest BCUT2D eigenvalue weighted by atomic mass is 127. The minimum absolute atomic E-state index is 0.0442. The third-order valence-corrected chi connectivity index (χ3v) is 7.47. The fourth-order valence-electron chi connectivity index (χ4n) is 4.67. The van der Waals surface area contributed by atoms with Gasteiger partial charge in [0.25, 0.3) is 0 Å². The van der Waals surface area contributed by atoms with Crippen molar-refractivity contribution in [1.29, 1.82) is 0 Å². The van der Waals surface area contributed by atoms with E-state index in [0.29, 0.717) is 32.5 Å². The standard InChI is InChI=1S/C28H31IN2O9/c1-3-25(34)31(13-16-4-5-21-22(9-16)39-15-38-21)20-11-18(28(36)30-6-7-32)12-23(26(20)35)40-27-19(29)8-17(14-33)10-24(27)37-2/h4-5,8-10,12,14,20,23,26,32,35H,3,6-7,11,13,15H2,1-2H3,(H,30,36)/t20-,23+,26+/m1/s1. The molecule has 0 unspecified atom stereocenters. The molecule has 3 atom stereocenters. The van der Waals surface area contributed by atoms with E-state index in [-0.39, 0.29) is 56.7 Å². The first-order chi connectivity index (χ1) is 19.3. The number of hydrogen-bond acceptors (Lipinski definition) is 9. The summed E-state index contributed by atoms with van der Waals surface area (Å²) in [6.07, 6.45) is 0.188. The lowest BCUT2D eigenvalue weighted by Gasteiger charge is -2.40. The third-order valence-electron chi connectivity index (χ3n) is 6.67. The van der Waals surface area contributed by atoms with Crippen LogP contribution in [0.4, 0.5) is 0 Å². The molecule has 1 heterocycles. The zero-order valence-corrected chi connectivity index (χ0v) is 24.3. The Morgan fingerprint density at radius 2 is 2.00 bits per heavy atom. The van der Waals surface area contributed by atoms with E-state index in [1.165, 1.54) is 19.3 Å². The number of hydrogen-bond donors (Lipinski definition) is 3. The molecule has 2 aliphatic rings. The van der Waals surface area contributed by atoms with Crippen LogP contribution in [0.3, 0.4) is 0 Å². The molecule has 0 radical (unpaired) electrons. The van der Waals surface area contributed by atoms with Crippen molar-refractivity contribution in [3.63, 3.8) is 0 Å². The quantitative estimate of drug-likeness (QED) is 0.243. The molecular weight excluding hydrogens is 635 g/mol. The topological polar surface area (TPSA) is 144 Å². The molecule has 11 nitrogen and oxygen atoms in total. The van der Waals surface area contributed by atoms with Crippen molar-refractivity contribution >= 4 is 40.7 Å². The van der Waals surface area contributed by atoms with Gasteiger partial charge in [0.2, 0.25) is 18.6 Å². The number of methoxy groups -OCH3 is 1. The summed E-state index contributed by atoms with van der Waals surface area (Å²) in [5, 5.41) is 23.4. The summed E-state index contributed by atoms with van der Waals surface area (Å²) in [5.41, 5.74) is 1.45. The van der Waals surface area contributed by atoms with E-state index in [9.17, 15) is 24.6 Å². The van der Waals surface area contributed by atoms with Gasteiger partial charge < -0.3 is 39.4 Å². The number of ether oxygens (including phenoxy) is 4. The van der Waals surface area contributed by atoms with E-state index in [1.54, 1.807) is 30.0 Å². The summed E-state index contributed by atoms with van der Waals surface area (Å²) in [4.78, 5) is 39.1. The number of halogens is 1. The van der Waals surface area contributed by atoms with Crippen LogP contribution < -0.4 is 24.3 Å². The van der Waals surface area contributed by atoms with Crippen molar-refractivity contribution in [2.45, 2.75) is 44.6 Å². The number of carbonyl (C=O) groups is 3. The molecule has 0 spiro atoms. The number of nitrogens with zero attached hydrogens (tertiary/aromatic N) is 1. The second kappa shape index (κ2) is 13.3. The zero-order valence-electron chi connectivity index (χ0n) is 22.1. The number of rotatable bonds is 11. The van der Waals surface area contributed by atoms with Gasteiger partial charge in [-0.3, -0.25) is 14.4 Å². The van der Waals surface area contributed by atoms with Gasteiger partial charge in [-0.05, 0) is 58.5 Å². The lowest BCUT2D eigenvalue weighted by atomic mass is 9.87. The normalized spacial score (nSPS) is 19.4. The number of carbonyl (C=O) groups excluding carboxylic acids is 3. The van der Waals surface area contributed by atoms with Gasteiger partial charge in [0.1, 0.15) is 18.5 Å². The predicted octanol–water partition coefficient (Wildman–Crippen LogP) is 2.20. The number of benzene rings is 2. The predicted molar refractivity (Wildman–Crippen MR) is 152 cm³/mol. The van der Waals surface area contributed by atoms with Gasteiger partial charge in [0.05, 0.1) is 23.3 Å². The fourth-order valence-corrected chi connectivity index (χ4v) is 5.42. The molecule has 3 N–H and O–H groups in total. The largest absolute Gasteiger partial charge is 0.493 e. The molecule has 1 aliphatic carbocycles. The minimum Gasteiger partial charge on any atom is -0.493 e. The highest BCUT2D eigenvalue weighted by molar-refractivity contribution is 14.1. The number of amides is 2. The molecule has 2 aromatic carbocycles. The Balaban J connectivity index is 1.70. The van der Waals surface area contributed by atoms with Crippen molar-refractivity contribution in [2.24, 2.45) is 0 Å². The van der Waals surface area contributed by atoms with Crippen molar-refractivity contribution in [3.05, 3.63) is 56.7 Å². The molecule has 0 fully saturated rings. The highest BCUT2D eigenvalue weighted by Gasteiger charge is 2.40. The van der Waals surface area contributed by atoms with Crippen molar-refractivity contribution in [3.8, 4) is 23.0 Å². The maximum absolute atomic E-state index is 13.2. The monoisotopic (exact) mass is 666 g/mol. The lowest BCUT2D eigenvalue weighted by molar-refractivity contribution is -0.139. The molecule has 4 rings (SSSR count). The molecule has 2 aromatic rings. The molecule has 0 saturated heterocycles. The molecule has 214 valence electrons. The van der Waals surface area contributed by atoms with Gasteiger partial charge in [0, 0.05) is 37.1 Å². The van der Waals surface area contributed by atoms with Crippen LogP contribution in [-0.4, -0.2) is 78.5 Å². The van der Waals surface area contributed by atoms with E-state index < -0.39 is 24.2 Å². The second-order valence-corrected chi connectivity index (χ2v) is 10.4. The van der Waals surface area contributed by atoms with Gasteiger partial charge in [0.15, 0.2) is 23.0 Å². The van der Waals surface area contributed by atoms with Crippen molar-refractivity contribution < 1.29 is 43.5 Å². The Kier molecular flexibility index (Phi) is 9.87. The molecule has 1 aliphatic heterocycles. The summed E-state index contributed by atoms with van der Waals surface area (Å²) in [7, 11) is 1.43. The summed E-state index contributed by atoms with van der Waals surface area (Å²) in [5.74, 6) is 1.08. The molecule has 0 bridgehead atoms. The van der Waals surface area contributed by atoms with Crippen LogP contribution in [0.15, 0.2) is 42.0 Å².